The summed E-state index contributed by atoms with van der Waals surface area (Å²) in [4.78, 5) is 73.0. The Bertz CT molecular complexity index is 4410. The molecule has 0 aliphatic rings. The number of unbranched alkanes of at least 4 members (excludes halogenated alkanes) is 2. The second kappa shape index (κ2) is 27.0. The molecule has 474 valence electrons. The first-order valence-corrected chi connectivity index (χ1v) is 30.3. The van der Waals surface area contributed by atoms with Gasteiger partial charge in [0, 0.05) is 35.2 Å². The Morgan fingerprint density at radius 1 is 0.435 bits per heavy atom. The lowest BCUT2D eigenvalue weighted by atomic mass is 10.0. The van der Waals surface area contributed by atoms with Crippen LogP contribution in [0.3, 0.4) is 0 Å². The predicted molar refractivity (Wildman–Crippen MR) is 335 cm³/mol. The highest BCUT2D eigenvalue weighted by Crippen LogP contribution is 2.46. The van der Waals surface area contributed by atoms with Gasteiger partial charge in [-0.1, -0.05) is 26.7 Å². The van der Waals surface area contributed by atoms with Crippen LogP contribution >= 0.6 is 0 Å². The second-order valence-electron chi connectivity index (χ2n) is 20.3. The normalized spacial score (nSPS) is 11.7. The van der Waals surface area contributed by atoms with Crippen LogP contribution in [0.15, 0.2) is 127 Å². The summed E-state index contributed by atoms with van der Waals surface area (Å²) in [6.45, 7) is 7.79. The van der Waals surface area contributed by atoms with Crippen molar-refractivity contribution in [2.24, 2.45) is 20.5 Å². The highest BCUT2D eigenvalue weighted by Gasteiger charge is 2.24. The maximum atomic E-state index is 12.7. The van der Waals surface area contributed by atoms with E-state index in [9.17, 15) is 75.8 Å². The molecule has 0 fully saturated rings. The molecule has 7 aromatic carbocycles. The molecule has 0 unspecified atom stereocenters. The van der Waals surface area contributed by atoms with Crippen LogP contribution in [0.25, 0.3) is 21.5 Å². The van der Waals surface area contributed by atoms with Crippen LogP contribution < -0.4 is 31.9 Å². The van der Waals surface area contributed by atoms with Crippen molar-refractivity contribution < 1.29 is 75.8 Å². The number of carbonyl (C=O) groups is 4. The Hall–Kier alpha value is -11.6. The summed E-state index contributed by atoms with van der Waals surface area (Å²) in [5, 5.41) is 96.7. The molecule has 34 heteroatoms. The van der Waals surface area contributed by atoms with Gasteiger partial charge in [-0.05, 0) is 146 Å². The largest absolute Gasteiger partial charge is 0.505 e. The van der Waals surface area contributed by atoms with Gasteiger partial charge in [-0.3, -0.25) is 9.11 Å². The van der Waals surface area contributed by atoms with Gasteiger partial charge in [0.05, 0.1) is 54.8 Å². The molecule has 0 saturated carbocycles. The van der Waals surface area contributed by atoms with E-state index in [0.717, 1.165) is 73.5 Å². The predicted octanol–water partition coefficient (Wildman–Crippen LogP) is 11.9. The van der Waals surface area contributed by atoms with E-state index in [2.05, 4.69) is 82.3 Å². The van der Waals surface area contributed by atoms with Crippen molar-refractivity contribution in [3.8, 4) is 11.5 Å². The van der Waals surface area contributed by atoms with Crippen molar-refractivity contribution in [3.05, 3.63) is 130 Å². The van der Waals surface area contributed by atoms with Gasteiger partial charge in [0.15, 0.2) is 11.5 Å². The minimum absolute atomic E-state index is 0.0471. The van der Waals surface area contributed by atoms with Gasteiger partial charge < -0.3 is 62.5 Å². The zero-order valence-electron chi connectivity index (χ0n) is 48.6. The smallest absolute Gasteiger partial charge is 0.335 e. The zero-order valence-corrected chi connectivity index (χ0v) is 50.2. The molecule has 0 saturated heterocycles. The van der Waals surface area contributed by atoms with E-state index in [4.69, 9.17) is 0 Å². The summed E-state index contributed by atoms with van der Waals surface area (Å²) in [6, 6.07) is 19.8. The standard InChI is InChI=1S/C58H54N16O16S2/c1-5-7-13-59-53-65-55(69-57(67-53)63-41-25-39(91(85,86)87)23-29-15-27(3)45(47(75)43(29)41)73-71-37-19-31(49(77)78)17-32(20-37)50(79)80)61-35-9-11-36(12-10-35)62-56-66-54(60-14-8-6-2)68-58(70-56)64-42-26-40(92(88,89)90)24-30-16-28(4)46(48(76)44(30)42)74-72-38-21-33(51(81)82)18-34(22-38)52(83)84/h9-12,15-26,75-76H,5-8,13-14H2,1-4H3,(H,77,78)(H,79,80)(H,81,82)(H,83,84)(H,85,86,87)(H,88,89,90)(H3,59,61,63,65,67,69)(H3,60,62,64,66,68,70). The summed E-state index contributed by atoms with van der Waals surface area (Å²) >= 11 is 0. The maximum Gasteiger partial charge on any atom is 0.335 e. The number of nitrogens with zero attached hydrogens (tertiary/aromatic N) is 10. The molecule has 2 aromatic heterocycles. The molecule has 9 rings (SSSR count). The van der Waals surface area contributed by atoms with Gasteiger partial charge in [-0.25, -0.2) is 19.2 Å². The van der Waals surface area contributed by atoms with E-state index in [1.165, 1.54) is 26.0 Å². The van der Waals surface area contributed by atoms with Crippen molar-refractivity contribution in [3.63, 3.8) is 0 Å². The number of phenolic OH excluding ortho intramolecular Hbond substituents is 2. The van der Waals surface area contributed by atoms with Crippen LogP contribution in [-0.4, -0.2) is 123 Å². The number of rotatable bonds is 26. The quantitative estimate of drug-likeness (QED) is 0.0136. The number of azo groups is 2. The molecule has 0 amide bonds. The van der Waals surface area contributed by atoms with Crippen molar-refractivity contribution in [2.45, 2.75) is 63.2 Å². The number of anilines is 10. The number of hydrogen-bond acceptors (Lipinski definition) is 26. The van der Waals surface area contributed by atoms with Crippen LogP contribution in [0.5, 0.6) is 11.5 Å². The molecule has 0 bridgehead atoms. The SMILES string of the molecule is CCCCNc1nc(Nc2ccc(Nc3nc(NCCCC)nc(Nc4cc(S(=O)(=O)O)cc5cc(C)c(N=Nc6cc(C(=O)O)cc(C(=O)O)c6)c(O)c45)n3)cc2)nc(Nc2cc(S(=O)(=O)O)cc3cc(C)c(N=Nc4cc(C(=O)O)cc(C(=O)O)c4)c(O)c23)n1. The topological polar surface area (TPSA) is 497 Å². The first kappa shape index (κ1) is 64.8. The first-order chi connectivity index (χ1) is 43.6. The number of fused-ring (bicyclic) bond motifs is 2. The third kappa shape index (κ3) is 15.4. The van der Waals surface area contributed by atoms with Crippen LogP contribution in [0, 0.1) is 13.8 Å². The van der Waals surface area contributed by atoms with Crippen molar-refractivity contribution in [1.82, 2.24) is 29.9 Å². The number of carboxylic acid groups (broad SMARTS) is 4. The molecule has 9 aromatic rings. The summed E-state index contributed by atoms with van der Waals surface area (Å²) in [7, 11) is -9.77. The van der Waals surface area contributed by atoms with Gasteiger partial charge >= 0.3 is 23.9 Å². The molecule has 0 aliphatic carbocycles. The van der Waals surface area contributed by atoms with E-state index in [1.54, 1.807) is 24.3 Å². The monoisotopic (exact) mass is 1290 g/mol. The van der Waals surface area contributed by atoms with Crippen LogP contribution in [0.1, 0.15) is 92.1 Å². The third-order valence-corrected chi connectivity index (χ3v) is 15.1. The van der Waals surface area contributed by atoms with Crippen molar-refractivity contribution in [1.29, 1.82) is 0 Å². The molecule has 0 aliphatic heterocycles. The average Bonchev–Trinajstić information content (AvgIpc) is 0.779. The maximum absolute atomic E-state index is 12.7. The molecule has 0 spiro atoms. The number of aromatic nitrogens is 6. The molecular weight excluding hydrogens is 1240 g/mol. The fraction of sp³-hybridized carbons (Fsp3) is 0.172. The van der Waals surface area contributed by atoms with E-state index >= 15 is 0 Å². The number of hydrogen-bond donors (Lipinski definition) is 14. The number of carboxylic acids is 4. The molecule has 2 heterocycles. The highest BCUT2D eigenvalue weighted by molar-refractivity contribution is 7.86. The van der Waals surface area contributed by atoms with E-state index in [0.29, 0.717) is 37.3 Å². The van der Waals surface area contributed by atoms with Gasteiger partial charge in [0.25, 0.3) is 20.2 Å². The average molecular weight is 1300 g/mol. The van der Waals surface area contributed by atoms with Gasteiger partial charge in [-0.15, -0.1) is 10.2 Å². The molecule has 0 atom stereocenters. The lowest BCUT2D eigenvalue weighted by molar-refractivity contribution is 0.0676. The molecular formula is C58H54N16O16S2. The Morgan fingerprint density at radius 3 is 1.05 bits per heavy atom. The van der Waals surface area contributed by atoms with E-state index in [-0.39, 0.29) is 102 Å². The fourth-order valence-electron chi connectivity index (χ4n) is 9.06. The van der Waals surface area contributed by atoms with Gasteiger partial charge in [0.2, 0.25) is 35.7 Å². The van der Waals surface area contributed by atoms with E-state index in [1.807, 2.05) is 13.8 Å². The number of nitrogens with one attached hydrogen (secondary N) is 6. The van der Waals surface area contributed by atoms with Crippen molar-refractivity contribution >= 4 is 147 Å². The molecule has 92 heavy (non-hydrogen) atoms. The zero-order chi connectivity index (χ0) is 66.3. The summed E-state index contributed by atoms with van der Waals surface area (Å²) in [5.41, 5.74) is -1.28. The number of aromatic hydroxyl groups is 2. The van der Waals surface area contributed by atoms with Gasteiger partial charge in [0.1, 0.15) is 11.4 Å². The number of aromatic carboxylic acids is 4. The van der Waals surface area contributed by atoms with E-state index < -0.39 is 87.7 Å². The summed E-state index contributed by atoms with van der Waals surface area (Å²) < 4.78 is 71.1. The lowest BCUT2D eigenvalue weighted by Gasteiger charge is -2.16. The number of aryl methyl sites for hydroxylation is 2. The third-order valence-electron chi connectivity index (χ3n) is 13.4. The fourth-order valence-corrected chi connectivity index (χ4v) is 10.1. The van der Waals surface area contributed by atoms with Crippen LogP contribution in [0.4, 0.5) is 81.2 Å². The Balaban J connectivity index is 1.03. The van der Waals surface area contributed by atoms with Crippen molar-refractivity contribution in [2.75, 3.05) is 45.0 Å². The van der Waals surface area contributed by atoms with Crippen LogP contribution in [-0.2, 0) is 20.2 Å². The number of benzene rings is 7. The molecule has 0 radical (unpaired) electrons. The lowest BCUT2D eigenvalue weighted by Crippen LogP contribution is -2.11. The number of phenols is 2. The second-order valence-corrected chi connectivity index (χ2v) is 23.1. The minimum Gasteiger partial charge on any atom is -0.505 e. The molecule has 14 N–H and O–H groups in total. The Kier molecular flexibility index (Phi) is 19.0. The van der Waals surface area contributed by atoms with Crippen LogP contribution in [0.2, 0.25) is 0 Å². The molecule has 32 nitrogen and oxygen atoms in total. The Labute approximate surface area is 520 Å². The summed E-state index contributed by atoms with van der Waals surface area (Å²) in [6.07, 6.45) is 3.01. The highest BCUT2D eigenvalue weighted by atomic mass is 32.2. The van der Waals surface area contributed by atoms with Gasteiger partial charge in [-0.2, -0.15) is 57.0 Å². The minimum atomic E-state index is -4.88. The summed E-state index contributed by atoms with van der Waals surface area (Å²) in [5.74, 6) is -7.22. The first-order valence-electron chi connectivity index (χ1n) is 27.4. The Morgan fingerprint density at radius 2 is 0.750 bits per heavy atom.